The Labute approximate surface area is 75.5 Å². The fourth-order valence-corrected chi connectivity index (χ4v) is 0.940. The smallest absolute Gasteiger partial charge is 0.148 e. The maximum atomic E-state index is 11.8. The molecule has 0 fully saturated rings. The Morgan fingerprint density at radius 2 is 2.15 bits per heavy atom. The van der Waals surface area contributed by atoms with E-state index in [1.807, 2.05) is 0 Å². The molecule has 1 rings (SSSR count). The van der Waals surface area contributed by atoms with Crippen LogP contribution in [0.2, 0.25) is 0 Å². The first-order valence-corrected chi connectivity index (χ1v) is 3.87. The zero-order chi connectivity index (χ0) is 9.68. The van der Waals surface area contributed by atoms with E-state index < -0.39 is 6.67 Å². The fourth-order valence-electron chi connectivity index (χ4n) is 0.940. The monoisotopic (exact) mass is 185 g/mol. The predicted molar refractivity (Wildman–Crippen MR) is 49.0 cm³/mol. The number of rotatable bonds is 4. The molecule has 5 nitrogen and oxygen atoms in total. The van der Waals surface area contributed by atoms with Crippen LogP contribution in [0.3, 0.4) is 0 Å². The van der Waals surface area contributed by atoms with Crippen LogP contribution in [0, 0.1) is 6.92 Å². The Morgan fingerprint density at radius 3 is 2.77 bits per heavy atom. The summed E-state index contributed by atoms with van der Waals surface area (Å²) in [5, 5.41) is 2.82. The van der Waals surface area contributed by atoms with Gasteiger partial charge >= 0.3 is 0 Å². The number of hydrogen-bond donors (Lipinski definition) is 3. The molecule has 13 heavy (non-hydrogen) atoms. The predicted octanol–water partition coefficient (Wildman–Crippen LogP) is 0.452. The molecule has 4 N–H and O–H groups in total. The van der Waals surface area contributed by atoms with E-state index in [1.54, 1.807) is 6.92 Å². The van der Waals surface area contributed by atoms with Crippen molar-refractivity contribution in [2.45, 2.75) is 6.92 Å². The van der Waals surface area contributed by atoms with E-state index >= 15 is 0 Å². The molecule has 0 spiro atoms. The summed E-state index contributed by atoms with van der Waals surface area (Å²) in [5.74, 6) is 6.34. The van der Waals surface area contributed by atoms with Crippen molar-refractivity contribution in [3.63, 3.8) is 0 Å². The zero-order valence-corrected chi connectivity index (χ0v) is 7.34. The molecule has 1 aromatic rings. The Kier molecular flexibility index (Phi) is 3.39. The van der Waals surface area contributed by atoms with Crippen molar-refractivity contribution in [2.24, 2.45) is 5.84 Å². The summed E-state index contributed by atoms with van der Waals surface area (Å²) in [4.78, 5) is 7.82. The Bertz CT molecular complexity index is 278. The van der Waals surface area contributed by atoms with Gasteiger partial charge in [-0.15, -0.1) is 0 Å². The lowest BCUT2D eigenvalue weighted by Crippen LogP contribution is -2.13. The van der Waals surface area contributed by atoms with Crippen LogP contribution >= 0.6 is 0 Å². The highest BCUT2D eigenvalue weighted by molar-refractivity contribution is 5.55. The van der Waals surface area contributed by atoms with Crippen molar-refractivity contribution in [2.75, 3.05) is 24.0 Å². The Hall–Kier alpha value is -1.43. The lowest BCUT2D eigenvalue weighted by Gasteiger charge is -2.08. The highest BCUT2D eigenvalue weighted by Crippen LogP contribution is 2.16. The number of halogens is 1. The molecule has 0 bridgehead atoms. The van der Waals surface area contributed by atoms with Gasteiger partial charge in [-0.25, -0.2) is 20.2 Å². The maximum absolute atomic E-state index is 11.8. The Balaban J connectivity index is 2.81. The third-order valence-corrected chi connectivity index (χ3v) is 1.61. The lowest BCUT2D eigenvalue weighted by atomic mass is 10.3. The molecule has 1 heterocycles. The van der Waals surface area contributed by atoms with E-state index in [4.69, 9.17) is 5.84 Å². The minimum Gasteiger partial charge on any atom is -0.367 e. The first-order chi connectivity index (χ1) is 6.29. The van der Waals surface area contributed by atoms with Gasteiger partial charge in [0, 0.05) is 12.1 Å². The molecule has 0 aliphatic rings. The third kappa shape index (κ3) is 2.25. The van der Waals surface area contributed by atoms with Crippen LogP contribution in [-0.4, -0.2) is 23.2 Å². The number of hydrazine groups is 1. The van der Waals surface area contributed by atoms with Crippen molar-refractivity contribution in [1.29, 1.82) is 0 Å². The number of nitrogen functional groups attached to an aromatic ring is 1. The lowest BCUT2D eigenvalue weighted by molar-refractivity contribution is 0.512. The van der Waals surface area contributed by atoms with Gasteiger partial charge in [0.05, 0.1) is 0 Å². The summed E-state index contributed by atoms with van der Waals surface area (Å²) < 4.78 is 11.8. The largest absolute Gasteiger partial charge is 0.367 e. The Morgan fingerprint density at radius 1 is 1.46 bits per heavy atom. The second-order valence-electron chi connectivity index (χ2n) is 2.46. The van der Waals surface area contributed by atoms with Gasteiger partial charge in [-0.05, 0) is 6.92 Å². The number of hydrogen-bond acceptors (Lipinski definition) is 5. The minimum absolute atomic E-state index is 0.238. The number of anilines is 2. The second-order valence-corrected chi connectivity index (χ2v) is 2.46. The molecule has 0 unspecified atom stereocenters. The van der Waals surface area contributed by atoms with E-state index in [0.717, 1.165) is 5.56 Å². The van der Waals surface area contributed by atoms with E-state index in [-0.39, 0.29) is 6.54 Å². The summed E-state index contributed by atoms with van der Waals surface area (Å²) in [5.41, 5.74) is 3.20. The van der Waals surface area contributed by atoms with Crippen LogP contribution in [0.5, 0.6) is 0 Å². The quantitative estimate of drug-likeness (QED) is 0.469. The van der Waals surface area contributed by atoms with Crippen molar-refractivity contribution >= 4 is 11.6 Å². The summed E-state index contributed by atoms with van der Waals surface area (Å²) >= 11 is 0. The van der Waals surface area contributed by atoms with Gasteiger partial charge < -0.3 is 10.7 Å². The van der Waals surface area contributed by atoms with E-state index in [1.165, 1.54) is 6.33 Å². The molecule has 0 atom stereocenters. The molecular formula is C7H12FN5. The first-order valence-electron chi connectivity index (χ1n) is 3.87. The number of nitrogens with two attached hydrogens (primary N) is 1. The molecule has 0 saturated carbocycles. The first kappa shape index (κ1) is 9.66. The maximum Gasteiger partial charge on any atom is 0.148 e. The van der Waals surface area contributed by atoms with Gasteiger partial charge in [-0.1, -0.05) is 0 Å². The molecule has 0 aliphatic carbocycles. The van der Waals surface area contributed by atoms with Crippen LogP contribution in [0.1, 0.15) is 5.56 Å². The van der Waals surface area contributed by atoms with Crippen molar-refractivity contribution in [3.05, 3.63) is 11.9 Å². The third-order valence-electron chi connectivity index (χ3n) is 1.61. The number of nitrogens with zero attached hydrogens (tertiary/aromatic N) is 2. The van der Waals surface area contributed by atoms with Crippen molar-refractivity contribution < 1.29 is 4.39 Å². The molecular weight excluding hydrogens is 173 g/mol. The molecule has 0 saturated heterocycles. The standard InChI is InChI=1S/C7H12FN5/c1-5-6(10-3-2-8)11-4-12-7(5)13-9/h4H,2-3,9H2,1H3,(H2,10,11,12,13). The topological polar surface area (TPSA) is 75.9 Å². The van der Waals surface area contributed by atoms with Gasteiger partial charge in [-0.2, -0.15) is 0 Å². The van der Waals surface area contributed by atoms with Gasteiger partial charge in [0.25, 0.3) is 0 Å². The summed E-state index contributed by atoms with van der Waals surface area (Å²) in [6.45, 7) is 1.60. The van der Waals surface area contributed by atoms with E-state index in [2.05, 4.69) is 20.7 Å². The molecule has 0 amide bonds. The second kappa shape index (κ2) is 4.56. The zero-order valence-electron chi connectivity index (χ0n) is 7.34. The average molecular weight is 185 g/mol. The minimum atomic E-state index is -0.436. The number of alkyl halides is 1. The number of nitrogens with one attached hydrogen (secondary N) is 2. The summed E-state index contributed by atoms with van der Waals surface area (Å²) in [6.07, 6.45) is 1.36. The SMILES string of the molecule is Cc1c(NN)ncnc1NCCF. The van der Waals surface area contributed by atoms with Crippen molar-refractivity contribution in [1.82, 2.24) is 9.97 Å². The van der Waals surface area contributed by atoms with Crippen LogP contribution in [0.15, 0.2) is 6.33 Å². The average Bonchev–Trinajstić information content (AvgIpc) is 2.16. The molecule has 0 aromatic carbocycles. The highest BCUT2D eigenvalue weighted by atomic mass is 19.1. The van der Waals surface area contributed by atoms with Crippen molar-refractivity contribution in [3.8, 4) is 0 Å². The molecule has 0 radical (unpaired) electrons. The van der Waals surface area contributed by atoms with Crippen LogP contribution in [-0.2, 0) is 0 Å². The molecule has 6 heteroatoms. The van der Waals surface area contributed by atoms with Gasteiger partial charge in [0.1, 0.15) is 24.6 Å². The molecule has 72 valence electrons. The number of aromatic nitrogens is 2. The van der Waals surface area contributed by atoms with Gasteiger partial charge in [0.2, 0.25) is 0 Å². The van der Waals surface area contributed by atoms with Crippen LogP contribution in [0.4, 0.5) is 16.0 Å². The summed E-state index contributed by atoms with van der Waals surface area (Å²) in [6, 6.07) is 0. The van der Waals surface area contributed by atoms with Crippen LogP contribution in [0.25, 0.3) is 0 Å². The van der Waals surface area contributed by atoms with Crippen LogP contribution < -0.4 is 16.6 Å². The normalized spacial score (nSPS) is 9.77. The van der Waals surface area contributed by atoms with Gasteiger partial charge in [-0.3, -0.25) is 0 Å². The molecule has 1 aromatic heterocycles. The van der Waals surface area contributed by atoms with Gasteiger partial charge in [0.15, 0.2) is 0 Å². The fraction of sp³-hybridized carbons (Fsp3) is 0.429. The highest BCUT2D eigenvalue weighted by Gasteiger charge is 2.04. The molecule has 0 aliphatic heterocycles. The van der Waals surface area contributed by atoms with E-state index in [9.17, 15) is 4.39 Å². The summed E-state index contributed by atoms with van der Waals surface area (Å²) in [7, 11) is 0. The van der Waals surface area contributed by atoms with E-state index in [0.29, 0.717) is 11.6 Å².